The Balaban J connectivity index is 1.28. The molecule has 31 heavy (non-hydrogen) atoms. The van der Waals surface area contributed by atoms with Crippen LogP contribution in [0, 0.1) is 0 Å². The molecule has 0 fully saturated rings. The van der Waals surface area contributed by atoms with Crippen LogP contribution in [0.1, 0.15) is 24.4 Å². The highest BCUT2D eigenvalue weighted by molar-refractivity contribution is 5.69. The van der Waals surface area contributed by atoms with Crippen LogP contribution in [0.25, 0.3) is 22.4 Å². The Morgan fingerprint density at radius 1 is 0.903 bits per heavy atom. The first-order chi connectivity index (χ1) is 15.2. The summed E-state index contributed by atoms with van der Waals surface area (Å²) in [7, 11) is 0. The summed E-state index contributed by atoms with van der Waals surface area (Å²) < 4.78 is 5.42. The van der Waals surface area contributed by atoms with Gasteiger partial charge in [0.25, 0.3) is 0 Å². The molecular formula is C26H25N3O2. The highest BCUT2D eigenvalue weighted by Crippen LogP contribution is 2.23. The van der Waals surface area contributed by atoms with Crippen LogP contribution in [-0.4, -0.2) is 22.6 Å². The van der Waals surface area contributed by atoms with E-state index in [0.717, 1.165) is 22.6 Å². The molecule has 0 aliphatic rings. The molecule has 0 bridgehead atoms. The maximum Gasteiger partial charge on any atom is 0.407 e. The van der Waals surface area contributed by atoms with Crippen LogP contribution < -0.4 is 5.32 Å². The first-order valence-corrected chi connectivity index (χ1v) is 10.4. The Kier molecular flexibility index (Phi) is 6.43. The molecule has 4 rings (SSSR count). The van der Waals surface area contributed by atoms with E-state index < -0.39 is 6.09 Å². The molecule has 5 nitrogen and oxygen atoms in total. The van der Waals surface area contributed by atoms with E-state index in [1.165, 1.54) is 11.1 Å². The molecule has 0 radical (unpaired) electrons. The Morgan fingerprint density at radius 2 is 1.52 bits per heavy atom. The number of aromatic amines is 1. The second-order valence-corrected chi connectivity index (χ2v) is 7.31. The van der Waals surface area contributed by atoms with Crippen molar-refractivity contribution in [3.8, 4) is 22.4 Å². The second-order valence-electron chi connectivity index (χ2n) is 7.31. The van der Waals surface area contributed by atoms with Gasteiger partial charge < -0.3 is 15.0 Å². The summed E-state index contributed by atoms with van der Waals surface area (Å²) >= 11 is 0. The van der Waals surface area contributed by atoms with Crippen molar-refractivity contribution in [2.24, 2.45) is 0 Å². The number of nitrogens with zero attached hydrogens (tertiary/aromatic N) is 1. The van der Waals surface area contributed by atoms with Crippen molar-refractivity contribution < 1.29 is 9.53 Å². The zero-order valence-electron chi connectivity index (χ0n) is 17.4. The standard InChI is InChI=1S/C26H25N3O2/c1-19(20-8-4-2-5-9-20)31-26(30)27-17-16-25-28-18-24(29-25)23-14-12-22(13-15-23)21-10-6-3-7-11-21/h2-15,18-19H,16-17H2,1H3,(H,27,30)(H,28,29). The molecule has 4 aromatic rings. The number of rotatable bonds is 7. The van der Waals surface area contributed by atoms with Crippen molar-refractivity contribution in [3.05, 3.63) is 103 Å². The third kappa shape index (κ3) is 5.39. The number of imidazole rings is 1. The largest absolute Gasteiger partial charge is 0.442 e. The molecule has 0 spiro atoms. The first kappa shape index (κ1) is 20.4. The van der Waals surface area contributed by atoms with Crippen molar-refractivity contribution in [1.82, 2.24) is 15.3 Å². The van der Waals surface area contributed by atoms with Gasteiger partial charge in [0.05, 0.1) is 5.69 Å². The number of benzene rings is 3. The van der Waals surface area contributed by atoms with E-state index in [1.54, 1.807) is 0 Å². The molecule has 1 atom stereocenters. The maximum atomic E-state index is 12.0. The molecule has 1 unspecified atom stereocenters. The SMILES string of the molecule is CC(OC(=O)NCCc1nc(-c2ccc(-c3ccccc3)cc2)c[nH]1)c1ccccc1. The van der Waals surface area contributed by atoms with Gasteiger partial charge in [0.2, 0.25) is 0 Å². The van der Waals surface area contributed by atoms with Crippen molar-refractivity contribution in [2.75, 3.05) is 6.54 Å². The minimum atomic E-state index is -0.431. The highest BCUT2D eigenvalue weighted by Gasteiger charge is 2.11. The summed E-state index contributed by atoms with van der Waals surface area (Å²) in [5.41, 5.74) is 5.26. The predicted molar refractivity (Wildman–Crippen MR) is 123 cm³/mol. The smallest absolute Gasteiger partial charge is 0.407 e. The Hall–Kier alpha value is -3.86. The van der Waals surface area contributed by atoms with Crippen LogP contribution in [0.15, 0.2) is 91.1 Å². The molecule has 0 aliphatic heterocycles. The van der Waals surface area contributed by atoms with Crippen molar-refractivity contribution >= 4 is 6.09 Å². The Morgan fingerprint density at radius 3 is 2.23 bits per heavy atom. The van der Waals surface area contributed by atoms with Gasteiger partial charge in [-0.25, -0.2) is 9.78 Å². The third-order valence-corrected chi connectivity index (χ3v) is 5.10. The molecule has 0 saturated heterocycles. The number of carbonyl (C=O) groups is 1. The van der Waals surface area contributed by atoms with Gasteiger partial charge in [0, 0.05) is 24.7 Å². The van der Waals surface area contributed by atoms with Gasteiger partial charge in [0.1, 0.15) is 11.9 Å². The summed E-state index contributed by atoms with van der Waals surface area (Å²) in [6.07, 6.45) is 1.76. The number of hydrogen-bond acceptors (Lipinski definition) is 3. The number of nitrogens with one attached hydrogen (secondary N) is 2. The molecule has 1 amide bonds. The molecule has 0 saturated carbocycles. The minimum Gasteiger partial charge on any atom is -0.442 e. The average Bonchev–Trinajstić information content (AvgIpc) is 3.29. The quantitative estimate of drug-likeness (QED) is 0.405. The molecule has 5 heteroatoms. The van der Waals surface area contributed by atoms with E-state index in [-0.39, 0.29) is 6.10 Å². The van der Waals surface area contributed by atoms with Crippen molar-refractivity contribution in [2.45, 2.75) is 19.4 Å². The maximum absolute atomic E-state index is 12.0. The first-order valence-electron chi connectivity index (χ1n) is 10.4. The fraction of sp³-hybridized carbons (Fsp3) is 0.154. The fourth-order valence-electron chi connectivity index (χ4n) is 3.38. The zero-order chi connectivity index (χ0) is 21.5. The predicted octanol–water partition coefficient (Wildman–Crippen LogP) is 5.77. The number of hydrogen-bond donors (Lipinski definition) is 2. The van der Waals surface area contributed by atoms with Crippen LogP contribution in [0.2, 0.25) is 0 Å². The van der Waals surface area contributed by atoms with E-state index in [2.05, 4.69) is 51.7 Å². The lowest BCUT2D eigenvalue weighted by Gasteiger charge is -2.13. The van der Waals surface area contributed by atoms with Gasteiger partial charge in [-0.3, -0.25) is 0 Å². The fourth-order valence-corrected chi connectivity index (χ4v) is 3.38. The minimum absolute atomic E-state index is 0.296. The second kappa shape index (κ2) is 9.76. The number of alkyl carbamates (subject to hydrolysis) is 1. The van der Waals surface area contributed by atoms with Gasteiger partial charge in [-0.05, 0) is 23.6 Å². The monoisotopic (exact) mass is 411 g/mol. The lowest BCUT2D eigenvalue weighted by molar-refractivity contribution is 0.107. The van der Waals surface area contributed by atoms with Crippen LogP contribution >= 0.6 is 0 Å². The zero-order valence-corrected chi connectivity index (χ0v) is 17.4. The van der Waals surface area contributed by atoms with Gasteiger partial charge in [-0.1, -0.05) is 84.9 Å². The number of H-pyrrole nitrogens is 1. The summed E-state index contributed by atoms with van der Waals surface area (Å²) in [6, 6.07) is 28.3. The Labute approximate surface area is 182 Å². The van der Waals surface area contributed by atoms with Crippen molar-refractivity contribution in [1.29, 1.82) is 0 Å². The van der Waals surface area contributed by atoms with E-state index in [0.29, 0.717) is 13.0 Å². The van der Waals surface area contributed by atoms with Crippen LogP contribution in [0.4, 0.5) is 4.79 Å². The average molecular weight is 412 g/mol. The van der Waals surface area contributed by atoms with E-state index in [9.17, 15) is 4.79 Å². The normalized spacial score (nSPS) is 11.6. The lowest BCUT2D eigenvalue weighted by atomic mass is 10.0. The molecule has 156 valence electrons. The summed E-state index contributed by atoms with van der Waals surface area (Å²) in [6.45, 7) is 2.30. The third-order valence-electron chi connectivity index (χ3n) is 5.10. The van der Waals surface area contributed by atoms with Crippen LogP contribution in [-0.2, 0) is 11.2 Å². The topological polar surface area (TPSA) is 67.0 Å². The number of aromatic nitrogens is 2. The van der Waals surface area contributed by atoms with E-state index >= 15 is 0 Å². The van der Waals surface area contributed by atoms with Gasteiger partial charge in [-0.2, -0.15) is 0 Å². The molecule has 1 heterocycles. The number of ether oxygens (including phenoxy) is 1. The highest BCUT2D eigenvalue weighted by atomic mass is 16.6. The summed E-state index contributed by atoms with van der Waals surface area (Å²) in [5, 5.41) is 2.79. The van der Waals surface area contributed by atoms with Gasteiger partial charge in [-0.15, -0.1) is 0 Å². The molecule has 0 aliphatic carbocycles. The van der Waals surface area contributed by atoms with Gasteiger partial charge in [0.15, 0.2) is 0 Å². The van der Waals surface area contributed by atoms with Crippen molar-refractivity contribution in [3.63, 3.8) is 0 Å². The molecular weight excluding hydrogens is 386 g/mol. The molecule has 1 aromatic heterocycles. The van der Waals surface area contributed by atoms with Crippen LogP contribution in [0.3, 0.4) is 0 Å². The lowest BCUT2D eigenvalue weighted by Crippen LogP contribution is -2.27. The Bertz CT molecular complexity index is 1110. The van der Waals surface area contributed by atoms with E-state index in [1.807, 2.05) is 61.7 Å². The number of carbonyl (C=O) groups excluding carboxylic acids is 1. The van der Waals surface area contributed by atoms with Crippen LogP contribution in [0.5, 0.6) is 0 Å². The van der Waals surface area contributed by atoms with Gasteiger partial charge >= 0.3 is 6.09 Å². The van der Waals surface area contributed by atoms with E-state index in [4.69, 9.17) is 4.74 Å². The summed E-state index contributed by atoms with van der Waals surface area (Å²) in [4.78, 5) is 19.9. The molecule has 3 aromatic carbocycles. The summed E-state index contributed by atoms with van der Waals surface area (Å²) in [5.74, 6) is 0.818. The number of amides is 1. The molecule has 2 N–H and O–H groups in total.